The maximum Gasteiger partial charge on any atom is 0.303 e. The van der Waals surface area contributed by atoms with Crippen LogP contribution < -0.4 is 9.64 Å². The van der Waals surface area contributed by atoms with Crippen molar-refractivity contribution in [2.75, 3.05) is 24.6 Å². The molecule has 8 heteroatoms. The molecule has 0 atom stereocenters. The van der Waals surface area contributed by atoms with Crippen LogP contribution in [0.4, 0.5) is 14.5 Å². The van der Waals surface area contributed by atoms with Crippen LogP contribution >= 0.6 is 0 Å². The minimum atomic E-state index is -0.839. The van der Waals surface area contributed by atoms with E-state index in [-0.39, 0.29) is 29.4 Å². The van der Waals surface area contributed by atoms with Crippen molar-refractivity contribution in [1.29, 1.82) is 0 Å². The summed E-state index contributed by atoms with van der Waals surface area (Å²) in [6.07, 6.45) is 3.59. The number of carboxylic acids is 1. The Bertz CT molecular complexity index is 918. The Balaban J connectivity index is 1.52. The van der Waals surface area contributed by atoms with Crippen LogP contribution in [-0.2, 0) is 4.79 Å². The van der Waals surface area contributed by atoms with E-state index in [9.17, 15) is 13.6 Å². The van der Waals surface area contributed by atoms with Crippen molar-refractivity contribution in [2.45, 2.75) is 39.0 Å². The number of anilines is 1. The van der Waals surface area contributed by atoms with Gasteiger partial charge in [-0.3, -0.25) is 4.79 Å². The lowest BCUT2D eigenvalue weighted by atomic mass is 9.93. The molecule has 0 radical (unpaired) electrons. The van der Waals surface area contributed by atoms with Gasteiger partial charge in [0, 0.05) is 36.8 Å². The number of aromatic nitrogens is 2. The van der Waals surface area contributed by atoms with Crippen LogP contribution in [0.1, 0.15) is 37.8 Å². The maximum absolute atomic E-state index is 14.9. The molecule has 2 aliphatic rings. The van der Waals surface area contributed by atoms with Crippen molar-refractivity contribution in [3.8, 4) is 17.3 Å². The Morgan fingerprint density at radius 1 is 1.10 bits per heavy atom. The number of carboxylic acid groups (broad SMARTS) is 1. The van der Waals surface area contributed by atoms with Gasteiger partial charge >= 0.3 is 5.97 Å². The molecule has 0 bridgehead atoms. The number of ether oxygens (including phenoxy) is 1. The first kappa shape index (κ1) is 20.5. The summed E-state index contributed by atoms with van der Waals surface area (Å²) in [6, 6.07) is 4.22. The highest BCUT2D eigenvalue weighted by Gasteiger charge is 2.26. The molecule has 1 aliphatic heterocycles. The number of carbonyl (C=O) groups is 1. The van der Waals surface area contributed by atoms with Gasteiger partial charge in [-0.15, -0.1) is 0 Å². The van der Waals surface area contributed by atoms with Crippen LogP contribution in [0.15, 0.2) is 18.2 Å². The zero-order valence-corrected chi connectivity index (χ0v) is 16.9. The van der Waals surface area contributed by atoms with E-state index in [2.05, 4.69) is 9.97 Å². The SMILES string of the molecule is Cc1cc(OCC2CC2)nc(-c2cc(F)c(N3CCC(CC(=O)O)CC3)c(F)c2)n1. The van der Waals surface area contributed by atoms with Gasteiger partial charge in [0.25, 0.3) is 0 Å². The van der Waals surface area contributed by atoms with Gasteiger partial charge in [-0.05, 0) is 56.6 Å². The molecular formula is C22H25F2N3O3. The lowest BCUT2D eigenvalue weighted by molar-refractivity contribution is -0.138. The summed E-state index contributed by atoms with van der Waals surface area (Å²) in [4.78, 5) is 21.2. The second-order valence-electron chi connectivity index (χ2n) is 8.24. The summed E-state index contributed by atoms with van der Waals surface area (Å²) < 4.78 is 35.5. The third-order valence-electron chi connectivity index (χ3n) is 5.66. The molecule has 2 fully saturated rings. The number of aliphatic carboxylic acids is 1. The molecule has 160 valence electrons. The number of aryl methyl sites for hydroxylation is 1. The molecule has 1 aliphatic carbocycles. The average molecular weight is 417 g/mol. The smallest absolute Gasteiger partial charge is 0.303 e. The standard InChI is InChI=1S/C22H25F2N3O3/c1-13-8-19(30-12-15-2-3-15)26-22(25-13)16-10-17(23)21(18(24)11-16)27-6-4-14(5-7-27)9-20(28)29/h8,10-11,14-15H,2-7,9,12H2,1H3,(H,28,29). The molecule has 6 nitrogen and oxygen atoms in total. The van der Waals surface area contributed by atoms with Gasteiger partial charge in [-0.25, -0.2) is 13.8 Å². The molecule has 0 amide bonds. The first-order chi connectivity index (χ1) is 14.4. The van der Waals surface area contributed by atoms with Gasteiger partial charge in [0.1, 0.15) is 17.3 Å². The van der Waals surface area contributed by atoms with Crippen LogP contribution in [0.25, 0.3) is 11.4 Å². The summed E-state index contributed by atoms with van der Waals surface area (Å²) in [5.74, 6) is -0.940. The molecule has 1 saturated carbocycles. The predicted molar refractivity (Wildman–Crippen MR) is 108 cm³/mol. The van der Waals surface area contributed by atoms with E-state index >= 15 is 0 Å². The molecule has 0 unspecified atom stereocenters. The maximum atomic E-state index is 14.9. The summed E-state index contributed by atoms with van der Waals surface area (Å²) in [7, 11) is 0. The third-order valence-corrected chi connectivity index (χ3v) is 5.66. The van der Waals surface area contributed by atoms with E-state index < -0.39 is 17.6 Å². The minimum absolute atomic E-state index is 0.0406. The fraction of sp³-hybridized carbons (Fsp3) is 0.500. The number of hydrogen-bond acceptors (Lipinski definition) is 5. The molecular weight excluding hydrogens is 392 g/mol. The highest BCUT2D eigenvalue weighted by molar-refractivity contribution is 5.67. The van der Waals surface area contributed by atoms with Crippen LogP contribution in [0.3, 0.4) is 0 Å². The topological polar surface area (TPSA) is 75.5 Å². The van der Waals surface area contributed by atoms with Gasteiger partial charge in [-0.1, -0.05) is 0 Å². The largest absolute Gasteiger partial charge is 0.481 e. The van der Waals surface area contributed by atoms with Crippen molar-refractivity contribution < 1.29 is 23.4 Å². The van der Waals surface area contributed by atoms with Gasteiger partial charge in [0.15, 0.2) is 5.82 Å². The van der Waals surface area contributed by atoms with Crippen molar-refractivity contribution in [2.24, 2.45) is 11.8 Å². The van der Waals surface area contributed by atoms with E-state index in [0.29, 0.717) is 50.0 Å². The molecule has 2 aromatic rings. The van der Waals surface area contributed by atoms with Crippen molar-refractivity contribution in [3.63, 3.8) is 0 Å². The zero-order valence-electron chi connectivity index (χ0n) is 16.9. The van der Waals surface area contributed by atoms with Crippen molar-refractivity contribution in [3.05, 3.63) is 35.5 Å². The van der Waals surface area contributed by atoms with E-state index in [1.165, 1.54) is 12.1 Å². The second-order valence-corrected chi connectivity index (χ2v) is 8.24. The summed E-state index contributed by atoms with van der Waals surface area (Å²) >= 11 is 0. The molecule has 1 aromatic heterocycles. The highest BCUT2D eigenvalue weighted by atomic mass is 19.1. The third kappa shape index (κ3) is 4.86. The molecule has 2 heterocycles. The summed E-state index contributed by atoms with van der Waals surface area (Å²) in [6.45, 7) is 3.23. The molecule has 30 heavy (non-hydrogen) atoms. The van der Waals surface area contributed by atoms with E-state index in [4.69, 9.17) is 9.84 Å². The van der Waals surface area contributed by atoms with Gasteiger partial charge < -0.3 is 14.7 Å². The lowest BCUT2D eigenvalue weighted by Gasteiger charge is -2.33. The number of piperidine rings is 1. The normalized spacial score (nSPS) is 17.2. The van der Waals surface area contributed by atoms with E-state index in [1.54, 1.807) is 17.9 Å². The Hall–Kier alpha value is -2.77. The number of halogens is 2. The first-order valence-electron chi connectivity index (χ1n) is 10.3. The predicted octanol–water partition coefficient (Wildman–Crippen LogP) is 4.21. The van der Waals surface area contributed by atoms with Crippen LogP contribution in [0.2, 0.25) is 0 Å². The Morgan fingerprint density at radius 2 is 1.77 bits per heavy atom. The number of rotatable bonds is 7. The summed E-state index contributed by atoms with van der Waals surface area (Å²) in [5.41, 5.74) is 0.844. The van der Waals surface area contributed by atoms with Crippen molar-refractivity contribution >= 4 is 11.7 Å². The van der Waals surface area contributed by atoms with E-state index in [1.807, 2.05) is 0 Å². The lowest BCUT2D eigenvalue weighted by Crippen LogP contribution is -2.35. The zero-order chi connectivity index (χ0) is 21.3. The highest BCUT2D eigenvalue weighted by Crippen LogP contribution is 2.33. The molecule has 1 aromatic carbocycles. The monoisotopic (exact) mass is 417 g/mol. The van der Waals surface area contributed by atoms with E-state index in [0.717, 1.165) is 12.8 Å². The summed E-state index contributed by atoms with van der Waals surface area (Å²) in [5, 5.41) is 8.92. The van der Waals surface area contributed by atoms with Gasteiger partial charge in [0.05, 0.1) is 6.61 Å². The Kier molecular flexibility index (Phi) is 5.83. The number of nitrogens with zero attached hydrogens (tertiary/aromatic N) is 3. The number of benzene rings is 1. The quantitative estimate of drug-likeness (QED) is 0.727. The van der Waals surface area contributed by atoms with Crippen molar-refractivity contribution in [1.82, 2.24) is 9.97 Å². The fourth-order valence-electron chi connectivity index (χ4n) is 3.83. The van der Waals surface area contributed by atoms with Gasteiger partial charge in [0.2, 0.25) is 5.88 Å². The first-order valence-corrected chi connectivity index (χ1v) is 10.3. The molecule has 1 N–H and O–H groups in total. The minimum Gasteiger partial charge on any atom is -0.481 e. The second kappa shape index (κ2) is 8.53. The molecule has 4 rings (SSSR count). The Labute approximate surface area is 173 Å². The van der Waals surface area contributed by atoms with Crippen LogP contribution in [0, 0.1) is 30.4 Å². The van der Waals surface area contributed by atoms with Gasteiger partial charge in [-0.2, -0.15) is 4.98 Å². The van der Waals surface area contributed by atoms with Crippen LogP contribution in [-0.4, -0.2) is 40.7 Å². The molecule has 0 spiro atoms. The number of hydrogen-bond donors (Lipinski definition) is 1. The van der Waals surface area contributed by atoms with Crippen LogP contribution in [0.5, 0.6) is 5.88 Å². The fourth-order valence-corrected chi connectivity index (χ4v) is 3.83. The molecule has 1 saturated heterocycles. The average Bonchev–Trinajstić information content (AvgIpc) is 3.51. The Morgan fingerprint density at radius 3 is 2.37 bits per heavy atom.